The summed E-state index contributed by atoms with van der Waals surface area (Å²) < 4.78 is 0. The molecule has 5 N–H and O–H groups in total. The molecule has 0 aliphatic rings. The topological polar surface area (TPSA) is 89.3 Å². The average Bonchev–Trinajstić information content (AvgIpc) is 1.82. The van der Waals surface area contributed by atoms with Gasteiger partial charge < -0.3 is 29.0 Å². The maximum absolute atomic E-state index is 10.0. The van der Waals surface area contributed by atoms with Crippen LogP contribution in [0.2, 0.25) is 0 Å². The van der Waals surface area contributed by atoms with E-state index in [-0.39, 0.29) is 13.8 Å². The third-order valence-corrected chi connectivity index (χ3v) is 1.04. The number of halogens is 1. The predicted octanol–water partition coefficient (Wildman–Crippen LogP) is -3.75. The number of nitrogens with two attached hydrogens (primary N) is 2. The van der Waals surface area contributed by atoms with Crippen molar-refractivity contribution in [1.82, 2.24) is 0 Å². The van der Waals surface area contributed by atoms with E-state index in [0.29, 0.717) is 19.4 Å². The number of carboxylic acid groups (broad SMARTS) is 1. The Kier molecular flexibility index (Phi) is 8.40. The molecule has 0 saturated heterocycles. The Morgan fingerprint density at radius 2 is 2.20 bits per heavy atom. The number of carbonyl (C=O) groups is 1. The van der Waals surface area contributed by atoms with E-state index in [4.69, 9.17) is 16.6 Å². The van der Waals surface area contributed by atoms with Crippen molar-refractivity contribution in [2.24, 2.45) is 11.5 Å². The van der Waals surface area contributed by atoms with Gasteiger partial charge in [-0.25, -0.2) is 0 Å². The van der Waals surface area contributed by atoms with Gasteiger partial charge in [-0.2, -0.15) is 0 Å². The summed E-state index contributed by atoms with van der Waals surface area (Å²) in [6.45, 7) is 0.501. The van der Waals surface area contributed by atoms with Crippen molar-refractivity contribution in [1.29, 1.82) is 0 Å². The zero-order valence-electron chi connectivity index (χ0n) is 6.59. The highest BCUT2D eigenvalue weighted by atomic mass is 35.5. The fraction of sp³-hybridized carbons (Fsp3) is 0.800. The van der Waals surface area contributed by atoms with E-state index >= 15 is 0 Å². The van der Waals surface area contributed by atoms with Crippen LogP contribution in [0.4, 0.5) is 0 Å². The van der Waals surface area contributed by atoms with Crippen LogP contribution in [0.5, 0.6) is 0 Å². The standard InChI is InChI=1S/C5H12N2O2.ClH/c6-3-1-2-4(7)5(8)9;/h4H,1-3,6-7H2,(H,8,9);1H/t4-;/m1./s1. The van der Waals surface area contributed by atoms with Crippen molar-refractivity contribution in [3.05, 3.63) is 0 Å². The molecule has 0 aliphatic heterocycles. The van der Waals surface area contributed by atoms with Crippen LogP contribution in [0, 0.1) is 0 Å². The fourth-order valence-electron chi connectivity index (χ4n) is 0.461. The Balaban J connectivity index is -0.000000320. The fourth-order valence-corrected chi connectivity index (χ4v) is 0.461. The second-order valence-electron chi connectivity index (χ2n) is 1.88. The molecule has 10 heavy (non-hydrogen) atoms. The van der Waals surface area contributed by atoms with Gasteiger partial charge in [0.1, 0.15) is 6.04 Å². The minimum atomic E-state index is -0.955. The van der Waals surface area contributed by atoms with Gasteiger partial charge in [-0.15, -0.1) is 0 Å². The van der Waals surface area contributed by atoms with Gasteiger partial charge in [-0.3, -0.25) is 4.79 Å². The Morgan fingerprint density at radius 1 is 1.70 bits per heavy atom. The third-order valence-electron chi connectivity index (χ3n) is 1.04. The molecule has 0 aromatic carbocycles. The Bertz CT molecular complexity index is 104. The molecular weight excluding hydrogens is 156 g/mol. The summed E-state index contributed by atoms with van der Waals surface area (Å²) in [4.78, 5) is 10.0. The Morgan fingerprint density at radius 3 is 2.50 bits per heavy atom. The van der Waals surface area contributed by atoms with E-state index < -0.39 is 12.0 Å². The Labute approximate surface area is 67.5 Å². The predicted molar refractivity (Wildman–Crippen MR) is 35.0 cm³/mol. The van der Waals surface area contributed by atoms with Gasteiger partial charge >= 0.3 is 7.40 Å². The molecule has 0 saturated carbocycles. The molecule has 0 rings (SSSR count). The van der Waals surface area contributed by atoms with Crippen molar-refractivity contribution in [3.63, 3.8) is 0 Å². The first kappa shape index (κ1) is 12.4. The highest BCUT2D eigenvalue weighted by molar-refractivity contribution is 5.72. The van der Waals surface area contributed by atoms with Crippen LogP contribution in [-0.4, -0.2) is 23.7 Å². The van der Waals surface area contributed by atoms with Crippen molar-refractivity contribution in [3.8, 4) is 0 Å². The molecule has 4 nitrogen and oxygen atoms in total. The van der Waals surface area contributed by atoms with Crippen LogP contribution in [0.25, 0.3) is 0 Å². The van der Waals surface area contributed by atoms with Crippen molar-refractivity contribution in [2.75, 3.05) is 6.54 Å². The summed E-state index contributed by atoms with van der Waals surface area (Å²) in [5, 5.41) is 8.24. The average molecular weight is 169 g/mol. The molecule has 0 aromatic rings. The van der Waals surface area contributed by atoms with Gasteiger partial charge in [0.25, 0.3) is 0 Å². The van der Waals surface area contributed by atoms with Crippen LogP contribution < -0.4 is 23.9 Å². The van der Waals surface area contributed by atoms with E-state index in [0.717, 1.165) is 0 Å². The van der Waals surface area contributed by atoms with Crippen molar-refractivity contribution >= 4 is 5.97 Å². The van der Waals surface area contributed by atoms with E-state index in [1.807, 2.05) is 0 Å². The number of rotatable bonds is 4. The van der Waals surface area contributed by atoms with E-state index in [2.05, 4.69) is 0 Å². The Hall–Kier alpha value is -0.320. The monoisotopic (exact) mass is 168 g/mol. The molecule has 0 radical (unpaired) electrons. The minimum absolute atomic E-state index is 0. The second kappa shape index (κ2) is 6.80. The first-order valence-electron chi connectivity index (χ1n) is 2.87. The van der Waals surface area contributed by atoms with Gasteiger partial charge in [-0.1, -0.05) is 0 Å². The first-order valence-corrected chi connectivity index (χ1v) is 2.87. The van der Waals surface area contributed by atoms with Gasteiger partial charge in [-0.05, 0) is 19.4 Å². The first-order chi connectivity index (χ1) is 4.18. The van der Waals surface area contributed by atoms with Crippen molar-refractivity contribution in [2.45, 2.75) is 18.9 Å². The molecule has 5 heteroatoms. The van der Waals surface area contributed by atoms with E-state index in [9.17, 15) is 4.79 Å². The lowest BCUT2D eigenvalue weighted by Gasteiger charge is -2.02. The number of aliphatic carboxylic acids is 1. The molecule has 0 aliphatic carbocycles. The molecule has 0 bridgehead atoms. The third kappa shape index (κ3) is 5.81. The highest BCUT2D eigenvalue weighted by Crippen LogP contribution is 1.91. The van der Waals surface area contributed by atoms with Crippen LogP contribution in [0.3, 0.4) is 0 Å². The van der Waals surface area contributed by atoms with E-state index in [1.54, 1.807) is 0 Å². The normalized spacial score (nSPS) is 11.8. The highest BCUT2D eigenvalue weighted by Gasteiger charge is 2.08. The molecule has 0 amide bonds. The maximum Gasteiger partial charge on any atom is 1.00 e. The van der Waals surface area contributed by atoms with Gasteiger partial charge in [0.05, 0.1) is 0 Å². The zero-order chi connectivity index (χ0) is 7.28. The largest absolute Gasteiger partial charge is 1.00 e. The van der Waals surface area contributed by atoms with Crippen LogP contribution in [0.1, 0.15) is 14.3 Å². The van der Waals surface area contributed by atoms with Gasteiger partial charge in [0, 0.05) is 0 Å². The lowest BCUT2D eigenvalue weighted by Crippen LogP contribution is -3.00. The molecule has 1 atom stereocenters. The molecule has 0 heterocycles. The lowest BCUT2D eigenvalue weighted by molar-refractivity contribution is -0.138. The SMILES string of the molecule is NCCC[C@@H](N)C(=O)O.[Cl-].[H+]. The maximum atomic E-state index is 10.0. The number of hydrogen-bond donors (Lipinski definition) is 3. The molecule has 62 valence electrons. The summed E-state index contributed by atoms with van der Waals surface area (Å²) in [6.07, 6.45) is 1.14. The van der Waals surface area contributed by atoms with E-state index in [1.165, 1.54) is 0 Å². The molecule has 0 fully saturated rings. The van der Waals surface area contributed by atoms with Crippen LogP contribution in [-0.2, 0) is 4.79 Å². The minimum Gasteiger partial charge on any atom is -1.00 e. The number of hydrogen-bond acceptors (Lipinski definition) is 3. The smallest absolute Gasteiger partial charge is 1.00 e. The number of carboxylic acids is 1. The summed E-state index contributed by atoms with van der Waals surface area (Å²) in [7, 11) is 0. The van der Waals surface area contributed by atoms with Gasteiger partial charge in [0.2, 0.25) is 0 Å². The summed E-state index contributed by atoms with van der Waals surface area (Å²) in [6, 6.07) is -0.742. The molecule has 0 unspecified atom stereocenters. The lowest BCUT2D eigenvalue weighted by atomic mass is 10.2. The zero-order valence-corrected chi connectivity index (χ0v) is 6.34. The van der Waals surface area contributed by atoms with Crippen LogP contribution in [0.15, 0.2) is 0 Å². The molecule has 0 spiro atoms. The van der Waals surface area contributed by atoms with Crippen LogP contribution >= 0.6 is 0 Å². The second-order valence-corrected chi connectivity index (χ2v) is 1.88. The summed E-state index contributed by atoms with van der Waals surface area (Å²) >= 11 is 0. The van der Waals surface area contributed by atoms with Gasteiger partial charge in [0.15, 0.2) is 0 Å². The summed E-state index contributed by atoms with van der Waals surface area (Å²) in [5.74, 6) is -0.955. The molecule has 0 aromatic heterocycles. The summed E-state index contributed by atoms with van der Waals surface area (Å²) in [5.41, 5.74) is 10.3. The molecular formula is C5H13ClN2O2. The quantitative estimate of drug-likeness (QED) is 0.403. The van der Waals surface area contributed by atoms with Crippen molar-refractivity contribution < 1.29 is 23.7 Å².